The van der Waals surface area contributed by atoms with E-state index in [0.717, 1.165) is 40.2 Å². The normalized spacial score (nSPS) is 19.3. The molecule has 10 heteroatoms. The highest BCUT2D eigenvalue weighted by Crippen LogP contribution is 2.26. The number of carbonyl (C=O) groups excluding carboxylic acids is 1. The van der Waals surface area contributed by atoms with Gasteiger partial charge in [-0.15, -0.1) is 0 Å². The van der Waals surface area contributed by atoms with Crippen molar-refractivity contribution in [2.45, 2.75) is 45.2 Å². The summed E-state index contributed by atoms with van der Waals surface area (Å²) in [6.07, 6.45) is 2.93. The number of hydrogen-bond donors (Lipinski definition) is 1. The summed E-state index contributed by atoms with van der Waals surface area (Å²) in [5, 5.41) is 10.7. The van der Waals surface area contributed by atoms with Crippen molar-refractivity contribution in [1.82, 2.24) is 14.0 Å². The number of thioether (sulfide) groups is 1. The van der Waals surface area contributed by atoms with Gasteiger partial charge in [-0.25, -0.2) is 14.2 Å². The van der Waals surface area contributed by atoms with E-state index in [-0.39, 0.29) is 34.4 Å². The third-order valence-electron chi connectivity index (χ3n) is 5.72. The lowest BCUT2D eigenvalue weighted by atomic mass is 9.98. The zero-order valence-corrected chi connectivity index (χ0v) is 19.4. The van der Waals surface area contributed by atoms with Crippen LogP contribution in [0.3, 0.4) is 0 Å². The lowest BCUT2D eigenvalue weighted by Gasteiger charge is -2.39. The number of piperidine rings is 1. The number of aromatic hydroxyl groups is 1. The Bertz CT molecular complexity index is 1150. The van der Waals surface area contributed by atoms with Gasteiger partial charge in [0.1, 0.15) is 16.4 Å². The van der Waals surface area contributed by atoms with Crippen molar-refractivity contribution in [2.24, 2.45) is 19.1 Å². The molecular formula is C22H27FN4O4S. The van der Waals surface area contributed by atoms with E-state index in [1.807, 2.05) is 18.7 Å². The smallest absolute Gasteiger partial charge is 0.333 e. The van der Waals surface area contributed by atoms with Crippen molar-refractivity contribution in [3.05, 3.63) is 56.5 Å². The van der Waals surface area contributed by atoms with Gasteiger partial charge in [-0.2, -0.15) is 0 Å². The first-order chi connectivity index (χ1) is 15.1. The van der Waals surface area contributed by atoms with Crippen molar-refractivity contribution in [3.8, 4) is 5.88 Å². The van der Waals surface area contributed by atoms with Crippen LogP contribution in [-0.2, 0) is 18.9 Å². The molecule has 1 aromatic heterocycles. The van der Waals surface area contributed by atoms with Gasteiger partial charge in [0.2, 0.25) is 11.8 Å². The average Bonchev–Trinajstić information content (AvgIpc) is 2.76. The number of carbonyl (C=O) groups is 1. The Morgan fingerprint density at radius 3 is 2.31 bits per heavy atom. The van der Waals surface area contributed by atoms with Gasteiger partial charge in [-0.05, 0) is 57.4 Å². The van der Waals surface area contributed by atoms with Crippen molar-refractivity contribution >= 4 is 28.4 Å². The second kappa shape index (κ2) is 9.72. The number of rotatable bonds is 4. The summed E-state index contributed by atoms with van der Waals surface area (Å²) in [5.74, 6) is -1.08. The third kappa shape index (κ3) is 4.79. The minimum Gasteiger partial charge on any atom is -0.494 e. The van der Waals surface area contributed by atoms with Crippen LogP contribution in [0.25, 0.3) is 0 Å². The Hall–Kier alpha value is -2.88. The summed E-state index contributed by atoms with van der Waals surface area (Å²) in [6, 6.07) is 5.53. The highest BCUT2D eigenvalue weighted by Gasteiger charge is 2.30. The SMILES string of the molecule is CC1CCCC(C)N1C(=O)CSC(=Nc1ccc(F)cc1)c1c(O)n(C)c(=O)n(C)c1=O. The number of likely N-dealkylation sites (tertiary alicyclic amines) is 1. The molecule has 1 amide bonds. The van der Waals surface area contributed by atoms with E-state index >= 15 is 0 Å². The molecule has 2 aromatic rings. The molecule has 2 heterocycles. The minimum atomic E-state index is -0.730. The van der Waals surface area contributed by atoms with Crippen LogP contribution in [0.4, 0.5) is 10.1 Å². The largest absolute Gasteiger partial charge is 0.494 e. The Kier molecular flexibility index (Phi) is 7.22. The molecule has 1 N–H and O–H groups in total. The Morgan fingerprint density at radius 1 is 1.12 bits per heavy atom. The maximum Gasteiger partial charge on any atom is 0.333 e. The highest BCUT2D eigenvalue weighted by atomic mass is 32.2. The molecule has 1 aliphatic rings. The second-order valence-electron chi connectivity index (χ2n) is 8.02. The first-order valence-corrected chi connectivity index (χ1v) is 11.4. The molecule has 0 radical (unpaired) electrons. The Morgan fingerprint density at radius 2 is 1.72 bits per heavy atom. The minimum absolute atomic E-state index is 0.000142. The third-order valence-corrected chi connectivity index (χ3v) is 6.68. The van der Waals surface area contributed by atoms with E-state index in [0.29, 0.717) is 5.69 Å². The van der Waals surface area contributed by atoms with Crippen molar-refractivity contribution in [1.29, 1.82) is 0 Å². The number of aromatic nitrogens is 2. The van der Waals surface area contributed by atoms with Crippen LogP contribution in [0.5, 0.6) is 5.88 Å². The fourth-order valence-corrected chi connectivity index (χ4v) is 4.83. The fourth-order valence-electron chi connectivity index (χ4n) is 3.93. The molecule has 172 valence electrons. The van der Waals surface area contributed by atoms with E-state index in [1.165, 1.54) is 38.4 Å². The molecule has 1 fully saturated rings. The van der Waals surface area contributed by atoms with Crippen LogP contribution in [-0.4, -0.2) is 47.9 Å². The maximum atomic E-state index is 13.3. The molecule has 1 aromatic carbocycles. The number of halogens is 1. The molecule has 0 aliphatic carbocycles. The van der Waals surface area contributed by atoms with Crippen molar-refractivity contribution in [2.75, 3.05) is 5.75 Å². The number of benzene rings is 1. The Labute approximate surface area is 189 Å². The molecule has 1 aliphatic heterocycles. The first-order valence-electron chi connectivity index (χ1n) is 10.4. The second-order valence-corrected chi connectivity index (χ2v) is 8.98. The summed E-state index contributed by atoms with van der Waals surface area (Å²) >= 11 is 1.01. The van der Waals surface area contributed by atoms with Crippen LogP contribution in [0, 0.1) is 5.82 Å². The van der Waals surface area contributed by atoms with Crippen molar-refractivity contribution in [3.63, 3.8) is 0 Å². The molecule has 1 saturated heterocycles. The molecule has 0 saturated carbocycles. The predicted octanol–water partition coefficient (Wildman–Crippen LogP) is 2.53. The van der Waals surface area contributed by atoms with Gasteiger partial charge in [0, 0.05) is 26.2 Å². The van der Waals surface area contributed by atoms with E-state index in [9.17, 15) is 23.9 Å². The maximum absolute atomic E-state index is 13.3. The van der Waals surface area contributed by atoms with Crippen LogP contribution in [0.2, 0.25) is 0 Å². The van der Waals surface area contributed by atoms with Crippen LogP contribution < -0.4 is 11.2 Å². The zero-order chi connectivity index (χ0) is 23.6. The number of aliphatic imine (C=N–C) groups is 1. The first kappa shape index (κ1) is 23.8. The molecular weight excluding hydrogens is 435 g/mol. The van der Waals surface area contributed by atoms with Gasteiger partial charge in [0.15, 0.2) is 0 Å². The van der Waals surface area contributed by atoms with Gasteiger partial charge in [-0.1, -0.05) is 11.8 Å². The zero-order valence-electron chi connectivity index (χ0n) is 18.5. The summed E-state index contributed by atoms with van der Waals surface area (Å²) in [6.45, 7) is 4.03. The lowest BCUT2D eigenvalue weighted by molar-refractivity contribution is -0.134. The average molecular weight is 463 g/mol. The monoisotopic (exact) mass is 462 g/mol. The quantitative estimate of drug-likeness (QED) is 0.556. The van der Waals surface area contributed by atoms with Gasteiger partial charge < -0.3 is 10.0 Å². The number of nitrogens with zero attached hydrogens (tertiary/aromatic N) is 4. The highest BCUT2D eigenvalue weighted by molar-refractivity contribution is 8.15. The van der Waals surface area contributed by atoms with Gasteiger partial charge in [-0.3, -0.25) is 18.7 Å². The summed E-state index contributed by atoms with van der Waals surface area (Å²) in [5.41, 5.74) is -1.26. The topological polar surface area (TPSA) is 96.9 Å². The molecule has 0 bridgehead atoms. The number of amides is 1. The predicted molar refractivity (Wildman–Crippen MR) is 123 cm³/mol. The fraction of sp³-hybridized carbons (Fsp3) is 0.455. The Balaban J connectivity index is 2.02. The van der Waals surface area contributed by atoms with Crippen LogP contribution >= 0.6 is 11.8 Å². The van der Waals surface area contributed by atoms with E-state index in [4.69, 9.17) is 0 Å². The molecule has 32 heavy (non-hydrogen) atoms. The standard InChI is InChI=1S/C22H27FN4O4S/c1-13-6-5-7-14(2)27(13)17(28)12-32-19(24-16-10-8-15(23)9-11-16)18-20(29)25(3)22(31)26(4)21(18)30/h8-11,13-14,29H,5-7,12H2,1-4H3. The molecule has 3 rings (SSSR count). The molecule has 8 nitrogen and oxygen atoms in total. The summed E-state index contributed by atoms with van der Waals surface area (Å²) < 4.78 is 15.1. The molecule has 2 unspecified atom stereocenters. The van der Waals surface area contributed by atoms with E-state index in [2.05, 4.69) is 4.99 Å². The van der Waals surface area contributed by atoms with Crippen LogP contribution in [0.1, 0.15) is 38.7 Å². The van der Waals surface area contributed by atoms with Gasteiger partial charge in [0.05, 0.1) is 11.4 Å². The molecule has 2 atom stereocenters. The van der Waals surface area contributed by atoms with Gasteiger partial charge >= 0.3 is 5.69 Å². The van der Waals surface area contributed by atoms with E-state index < -0.39 is 22.9 Å². The summed E-state index contributed by atoms with van der Waals surface area (Å²) in [7, 11) is 2.64. The number of hydrogen-bond acceptors (Lipinski definition) is 6. The molecule has 0 spiro atoms. The van der Waals surface area contributed by atoms with Crippen molar-refractivity contribution < 1.29 is 14.3 Å². The summed E-state index contributed by atoms with van der Waals surface area (Å²) in [4.78, 5) is 44.3. The lowest BCUT2D eigenvalue weighted by Crippen LogP contribution is -2.48. The van der Waals surface area contributed by atoms with Gasteiger partial charge in [0.25, 0.3) is 5.56 Å². The van der Waals surface area contributed by atoms with Crippen LogP contribution in [0.15, 0.2) is 38.8 Å². The van der Waals surface area contributed by atoms with E-state index in [1.54, 1.807) is 0 Å².